The van der Waals surface area contributed by atoms with Crippen molar-refractivity contribution >= 4 is 43.3 Å². The first-order valence-electron chi connectivity index (χ1n) is 5.71. The second kappa shape index (κ2) is 5.74. The van der Waals surface area contributed by atoms with E-state index < -0.39 is 16.0 Å². The molecule has 0 heterocycles. The van der Waals surface area contributed by atoms with E-state index in [1.54, 1.807) is 18.2 Å². The number of carboxylic acid groups (broad SMARTS) is 1. The fourth-order valence-corrected chi connectivity index (χ4v) is 3.16. The number of anilines is 2. The van der Waals surface area contributed by atoms with Crippen molar-refractivity contribution in [2.75, 3.05) is 10.5 Å². The fraction of sp³-hybridized carbons (Fsp3) is 0. The van der Waals surface area contributed by atoms with Gasteiger partial charge in [-0.05, 0) is 46.3 Å². The van der Waals surface area contributed by atoms with E-state index in [2.05, 4.69) is 20.7 Å². The zero-order valence-electron chi connectivity index (χ0n) is 10.6. The molecule has 6 nitrogen and oxygen atoms in total. The molecule has 2 aromatic rings. The third kappa shape index (κ3) is 3.34. The van der Waals surface area contributed by atoms with Gasteiger partial charge in [-0.25, -0.2) is 13.2 Å². The molecule has 0 aliphatic rings. The van der Waals surface area contributed by atoms with Gasteiger partial charge in [-0.15, -0.1) is 0 Å². The summed E-state index contributed by atoms with van der Waals surface area (Å²) in [5, 5.41) is 9.02. The van der Waals surface area contributed by atoms with Crippen molar-refractivity contribution in [2.45, 2.75) is 4.90 Å². The monoisotopic (exact) mass is 370 g/mol. The molecule has 0 unspecified atom stereocenters. The zero-order chi connectivity index (χ0) is 15.6. The fourth-order valence-electron chi connectivity index (χ4n) is 1.63. The highest BCUT2D eigenvalue weighted by molar-refractivity contribution is 9.10. The summed E-state index contributed by atoms with van der Waals surface area (Å²) in [7, 11) is -3.92. The number of sulfonamides is 1. The lowest BCUT2D eigenvalue weighted by molar-refractivity contribution is 0.0695. The number of hydrogen-bond donors (Lipinski definition) is 3. The molecular weight excluding hydrogens is 360 g/mol. The Labute approximate surface area is 129 Å². The Hall–Kier alpha value is -2.06. The van der Waals surface area contributed by atoms with Crippen LogP contribution in [0.15, 0.2) is 51.8 Å². The number of carbonyl (C=O) groups is 1. The molecule has 0 saturated heterocycles. The lowest BCUT2D eigenvalue weighted by Crippen LogP contribution is -2.15. The van der Waals surface area contributed by atoms with Gasteiger partial charge < -0.3 is 10.8 Å². The molecule has 0 aliphatic carbocycles. The number of halogens is 1. The van der Waals surface area contributed by atoms with Gasteiger partial charge in [-0.3, -0.25) is 4.72 Å². The van der Waals surface area contributed by atoms with Crippen LogP contribution in [-0.4, -0.2) is 19.5 Å². The Balaban J connectivity index is 2.43. The topological polar surface area (TPSA) is 109 Å². The van der Waals surface area contributed by atoms with E-state index in [4.69, 9.17) is 10.8 Å². The number of hydrogen-bond acceptors (Lipinski definition) is 4. The van der Waals surface area contributed by atoms with E-state index in [1.807, 2.05) is 0 Å². The summed E-state index contributed by atoms with van der Waals surface area (Å²) in [5.41, 5.74) is 6.05. The summed E-state index contributed by atoms with van der Waals surface area (Å²) >= 11 is 3.06. The molecule has 0 spiro atoms. The number of carboxylic acids is 1. The van der Waals surface area contributed by atoms with Gasteiger partial charge in [-0.1, -0.05) is 12.1 Å². The van der Waals surface area contributed by atoms with E-state index in [1.165, 1.54) is 18.2 Å². The van der Waals surface area contributed by atoms with Crippen molar-refractivity contribution in [1.82, 2.24) is 0 Å². The van der Waals surface area contributed by atoms with Crippen LogP contribution in [0.2, 0.25) is 0 Å². The molecule has 0 atom stereocenters. The highest BCUT2D eigenvalue weighted by atomic mass is 79.9. The summed E-state index contributed by atoms with van der Waals surface area (Å²) < 4.78 is 27.2. The minimum absolute atomic E-state index is 0.140. The molecular formula is C13H11BrN2O4S. The molecule has 0 aliphatic heterocycles. The number of para-hydroxylation sites is 2. The lowest BCUT2D eigenvalue weighted by Gasteiger charge is -2.11. The zero-order valence-corrected chi connectivity index (χ0v) is 13.0. The van der Waals surface area contributed by atoms with Gasteiger partial charge in [-0.2, -0.15) is 0 Å². The van der Waals surface area contributed by atoms with Gasteiger partial charge in [0.05, 0.1) is 21.8 Å². The summed E-state index contributed by atoms with van der Waals surface area (Å²) in [6.07, 6.45) is 0. The molecule has 4 N–H and O–H groups in total. The third-order valence-corrected chi connectivity index (χ3v) is 4.74. The van der Waals surface area contributed by atoms with Crippen molar-refractivity contribution in [3.63, 3.8) is 0 Å². The van der Waals surface area contributed by atoms with E-state index in [9.17, 15) is 13.2 Å². The number of nitrogens with two attached hydrogens (primary N) is 1. The van der Waals surface area contributed by atoms with Crippen LogP contribution in [-0.2, 0) is 10.0 Å². The predicted molar refractivity (Wildman–Crippen MR) is 82.8 cm³/mol. The Morgan fingerprint density at radius 3 is 2.48 bits per heavy atom. The standard InChI is InChI=1S/C13H11BrN2O4S/c14-10-6-5-8(7-9(10)13(17)18)21(19,20)16-12-4-2-1-3-11(12)15/h1-7,16H,15H2,(H,17,18). The maximum absolute atomic E-state index is 12.3. The van der Waals surface area contributed by atoms with Gasteiger partial charge in [0.25, 0.3) is 10.0 Å². The predicted octanol–water partition coefficient (Wildman–Crippen LogP) is 2.53. The van der Waals surface area contributed by atoms with E-state index in [0.717, 1.165) is 6.07 Å². The maximum Gasteiger partial charge on any atom is 0.336 e. The van der Waals surface area contributed by atoms with Crippen molar-refractivity contribution in [2.24, 2.45) is 0 Å². The van der Waals surface area contributed by atoms with Gasteiger partial charge in [0.1, 0.15) is 0 Å². The smallest absolute Gasteiger partial charge is 0.336 e. The molecule has 21 heavy (non-hydrogen) atoms. The van der Waals surface area contributed by atoms with Crippen LogP contribution in [0.4, 0.5) is 11.4 Å². The largest absolute Gasteiger partial charge is 0.478 e. The van der Waals surface area contributed by atoms with Crippen LogP contribution in [0.25, 0.3) is 0 Å². The average molecular weight is 371 g/mol. The molecule has 0 amide bonds. The van der Waals surface area contributed by atoms with Gasteiger partial charge in [0.15, 0.2) is 0 Å². The SMILES string of the molecule is Nc1ccccc1NS(=O)(=O)c1ccc(Br)c(C(=O)O)c1. The van der Waals surface area contributed by atoms with Crippen LogP contribution in [0.1, 0.15) is 10.4 Å². The highest BCUT2D eigenvalue weighted by Gasteiger charge is 2.19. The first-order chi connectivity index (χ1) is 9.81. The summed E-state index contributed by atoms with van der Waals surface area (Å²) in [5.74, 6) is -1.22. The molecule has 0 fully saturated rings. The van der Waals surface area contributed by atoms with Gasteiger partial charge in [0, 0.05) is 4.47 Å². The lowest BCUT2D eigenvalue weighted by atomic mass is 10.2. The summed E-state index contributed by atoms with van der Waals surface area (Å²) in [6.45, 7) is 0. The number of aromatic carboxylic acids is 1. The third-order valence-electron chi connectivity index (χ3n) is 2.68. The normalized spacial score (nSPS) is 11.1. The maximum atomic E-state index is 12.3. The minimum Gasteiger partial charge on any atom is -0.478 e. The number of nitrogen functional groups attached to an aromatic ring is 1. The second-order valence-corrected chi connectivity index (χ2v) is 6.68. The molecule has 2 rings (SSSR count). The first kappa shape index (κ1) is 15.3. The van der Waals surface area contributed by atoms with Crippen LogP contribution in [0.5, 0.6) is 0 Å². The molecule has 0 saturated carbocycles. The highest BCUT2D eigenvalue weighted by Crippen LogP contribution is 2.25. The van der Waals surface area contributed by atoms with Crippen molar-refractivity contribution in [3.05, 3.63) is 52.5 Å². The van der Waals surface area contributed by atoms with E-state index >= 15 is 0 Å². The van der Waals surface area contributed by atoms with E-state index in [-0.39, 0.29) is 21.8 Å². The number of nitrogens with one attached hydrogen (secondary N) is 1. The van der Waals surface area contributed by atoms with Crippen LogP contribution < -0.4 is 10.5 Å². The van der Waals surface area contributed by atoms with Gasteiger partial charge >= 0.3 is 5.97 Å². The minimum atomic E-state index is -3.92. The molecule has 2 aromatic carbocycles. The van der Waals surface area contributed by atoms with Crippen molar-refractivity contribution in [3.8, 4) is 0 Å². The van der Waals surface area contributed by atoms with Crippen molar-refractivity contribution in [1.29, 1.82) is 0 Å². The van der Waals surface area contributed by atoms with Gasteiger partial charge in [0.2, 0.25) is 0 Å². The Kier molecular flexibility index (Phi) is 4.19. The Morgan fingerprint density at radius 2 is 1.86 bits per heavy atom. The number of benzene rings is 2. The second-order valence-electron chi connectivity index (χ2n) is 4.14. The molecule has 8 heteroatoms. The quantitative estimate of drug-likeness (QED) is 0.716. The Bertz CT molecular complexity index is 806. The van der Waals surface area contributed by atoms with Crippen LogP contribution in [0, 0.1) is 0 Å². The van der Waals surface area contributed by atoms with Crippen LogP contribution in [0.3, 0.4) is 0 Å². The van der Waals surface area contributed by atoms with E-state index in [0.29, 0.717) is 4.47 Å². The molecule has 110 valence electrons. The van der Waals surface area contributed by atoms with Crippen molar-refractivity contribution < 1.29 is 18.3 Å². The Morgan fingerprint density at radius 1 is 1.19 bits per heavy atom. The molecule has 0 radical (unpaired) electrons. The molecule has 0 aromatic heterocycles. The average Bonchev–Trinajstić information content (AvgIpc) is 2.41. The number of rotatable bonds is 4. The molecule has 0 bridgehead atoms. The summed E-state index contributed by atoms with van der Waals surface area (Å²) in [4.78, 5) is 10.9. The van der Waals surface area contributed by atoms with Crippen LogP contribution >= 0.6 is 15.9 Å². The first-order valence-corrected chi connectivity index (χ1v) is 7.99. The summed E-state index contributed by atoms with van der Waals surface area (Å²) in [6, 6.07) is 10.1.